The molecule has 0 unspecified atom stereocenters. The van der Waals surface area contributed by atoms with Gasteiger partial charge in [0.15, 0.2) is 5.96 Å². The van der Waals surface area contributed by atoms with E-state index in [1.165, 1.54) is 10.6 Å². The van der Waals surface area contributed by atoms with Crippen molar-refractivity contribution in [1.82, 2.24) is 19.7 Å². The second-order valence-corrected chi connectivity index (χ2v) is 7.43. The average molecular weight is 471 g/mol. The Morgan fingerprint density at radius 3 is 2.62 bits per heavy atom. The third kappa shape index (κ3) is 5.88. The zero-order valence-electron chi connectivity index (χ0n) is 14.1. The fourth-order valence-corrected chi connectivity index (χ4v) is 3.90. The van der Waals surface area contributed by atoms with Crippen molar-refractivity contribution in [2.45, 2.75) is 25.5 Å². The summed E-state index contributed by atoms with van der Waals surface area (Å²) < 4.78 is 31.0. The molecule has 0 saturated carbocycles. The fraction of sp³-hybridized carbons (Fsp3) is 0.714. The average Bonchev–Trinajstić information content (AvgIpc) is 3.04. The quantitative estimate of drug-likeness (QED) is 0.290. The number of aromatic nitrogens is 1. The van der Waals surface area contributed by atoms with Crippen molar-refractivity contribution in [3.05, 3.63) is 18.0 Å². The van der Waals surface area contributed by atoms with Gasteiger partial charge in [0.2, 0.25) is 10.0 Å². The third-order valence-corrected chi connectivity index (χ3v) is 5.59. The summed E-state index contributed by atoms with van der Waals surface area (Å²) in [7, 11) is -1.61. The Kier molecular flexibility index (Phi) is 8.98. The first-order valence-electron chi connectivity index (χ1n) is 7.89. The van der Waals surface area contributed by atoms with Gasteiger partial charge >= 0.3 is 0 Å². The van der Waals surface area contributed by atoms with Crippen molar-refractivity contribution in [1.29, 1.82) is 0 Å². The Balaban J connectivity index is 0.00000288. The summed E-state index contributed by atoms with van der Waals surface area (Å²) in [4.78, 5) is 6.37. The molecule has 24 heavy (non-hydrogen) atoms. The second kappa shape index (κ2) is 10.2. The highest BCUT2D eigenvalue weighted by Crippen LogP contribution is 2.12. The molecule has 1 aromatic heterocycles. The normalized spacial score (nSPS) is 16.8. The van der Waals surface area contributed by atoms with E-state index >= 15 is 0 Å². The highest BCUT2D eigenvalue weighted by atomic mass is 127. The maximum Gasteiger partial charge on any atom is 0.220 e. The van der Waals surface area contributed by atoms with Gasteiger partial charge < -0.3 is 14.7 Å². The van der Waals surface area contributed by atoms with E-state index in [0.717, 1.165) is 25.3 Å². The van der Waals surface area contributed by atoms with Gasteiger partial charge in [0, 0.05) is 45.8 Å². The largest absolute Gasteiger partial charge is 0.364 e. The molecule has 0 radical (unpaired) electrons. The number of guanidine groups is 1. The Morgan fingerprint density at radius 2 is 2.08 bits per heavy atom. The molecule has 1 aliphatic heterocycles. The number of halogens is 1. The Hall–Kier alpha value is -0.880. The zero-order chi connectivity index (χ0) is 16.7. The minimum Gasteiger partial charge on any atom is -0.364 e. The number of hydrogen-bond acceptors (Lipinski definition) is 5. The van der Waals surface area contributed by atoms with Crippen LogP contribution in [0.4, 0.5) is 0 Å². The number of unbranched alkanes of at least 4 members (excludes halogenated alkanes) is 1. The monoisotopic (exact) mass is 471 g/mol. The third-order valence-electron chi connectivity index (χ3n) is 3.78. The van der Waals surface area contributed by atoms with Crippen molar-refractivity contribution < 1.29 is 12.9 Å². The van der Waals surface area contributed by atoms with Crippen LogP contribution in [0.5, 0.6) is 0 Å². The lowest BCUT2D eigenvalue weighted by atomic mass is 10.3. The van der Waals surface area contributed by atoms with Crippen molar-refractivity contribution >= 4 is 40.0 Å². The van der Waals surface area contributed by atoms with Crippen LogP contribution in [0.25, 0.3) is 0 Å². The van der Waals surface area contributed by atoms with Crippen molar-refractivity contribution in [3.63, 3.8) is 0 Å². The van der Waals surface area contributed by atoms with Crippen LogP contribution in [0, 0.1) is 0 Å². The maximum atomic E-state index is 12.4. The number of sulfonamides is 1. The van der Waals surface area contributed by atoms with E-state index < -0.39 is 10.0 Å². The lowest BCUT2D eigenvalue weighted by molar-refractivity contribution is 0.260. The van der Waals surface area contributed by atoms with Gasteiger partial charge in [-0.25, -0.2) is 8.42 Å². The molecule has 2 rings (SSSR count). The molecule has 0 spiro atoms. The molecule has 1 fully saturated rings. The molecule has 0 amide bonds. The first-order chi connectivity index (χ1) is 11.1. The van der Waals surface area contributed by atoms with Gasteiger partial charge in [0.1, 0.15) is 12.0 Å². The number of nitrogens with zero attached hydrogens (tertiary/aromatic N) is 4. The van der Waals surface area contributed by atoms with E-state index in [4.69, 9.17) is 4.52 Å². The molecule has 0 aliphatic carbocycles. The van der Waals surface area contributed by atoms with Gasteiger partial charge in [-0.3, -0.25) is 4.99 Å². The van der Waals surface area contributed by atoms with Crippen molar-refractivity contribution in [3.8, 4) is 0 Å². The first kappa shape index (κ1) is 21.2. The summed E-state index contributed by atoms with van der Waals surface area (Å²) in [5.74, 6) is 0.722. The van der Waals surface area contributed by atoms with Crippen LogP contribution in [-0.2, 0) is 15.8 Å². The minimum absolute atomic E-state index is 0. The number of nitrogens with one attached hydrogen (secondary N) is 1. The summed E-state index contributed by atoms with van der Waals surface area (Å²) in [6, 6.07) is 1.58. The minimum atomic E-state index is -3.36. The molecule has 0 bridgehead atoms. The van der Waals surface area contributed by atoms with Gasteiger partial charge in [-0.15, -0.1) is 24.0 Å². The van der Waals surface area contributed by atoms with Gasteiger partial charge in [0.05, 0.1) is 5.69 Å². The molecule has 10 heteroatoms. The predicted octanol–water partition coefficient (Wildman–Crippen LogP) is 1.12. The number of rotatable bonds is 6. The second-order valence-electron chi connectivity index (χ2n) is 5.46. The van der Waals surface area contributed by atoms with Crippen molar-refractivity contribution in [2.75, 3.05) is 39.8 Å². The Bertz CT molecular complexity index is 598. The zero-order valence-corrected chi connectivity index (χ0v) is 17.3. The molecule has 1 aliphatic rings. The molecule has 1 saturated heterocycles. The van der Waals surface area contributed by atoms with Crippen LogP contribution in [0.15, 0.2) is 21.8 Å². The van der Waals surface area contributed by atoms with Crippen molar-refractivity contribution in [2.24, 2.45) is 4.99 Å². The molecule has 0 atom stereocenters. The molecular formula is C14H26IN5O3S. The van der Waals surface area contributed by atoms with Gasteiger partial charge in [-0.05, 0) is 6.42 Å². The van der Waals surface area contributed by atoms with E-state index in [-0.39, 0.29) is 29.7 Å². The summed E-state index contributed by atoms with van der Waals surface area (Å²) in [5.41, 5.74) is 0.435. The van der Waals surface area contributed by atoms with E-state index in [2.05, 4.69) is 27.3 Å². The van der Waals surface area contributed by atoms with Gasteiger partial charge in [-0.1, -0.05) is 18.5 Å². The molecule has 8 nitrogen and oxygen atoms in total. The van der Waals surface area contributed by atoms with E-state index in [9.17, 15) is 8.42 Å². The van der Waals surface area contributed by atoms with E-state index in [0.29, 0.717) is 31.9 Å². The number of aliphatic imine (C=N–C) groups is 1. The molecular weight excluding hydrogens is 445 g/mol. The standard InChI is InChI=1S/C14H25N5O3S.HI/c1-3-4-6-16-14(15-2)18-7-9-19(10-8-18)23(20,21)12-13-5-11-22-17-13;/h5,11H,3-4,6-10,12H2,1-2H3,(H,15,16);1H. The van der Waals surface area contributed by atoms with Gasteiger partial charge in [0.25, 0.3) is 0 Å². The van der Waals surface area contributed by atoms with Crippen LogP contribution in [0.3, 0.4) is 0 Å². The predicted molar refractivity (Wildman–Crippen MR) is 104 cm³/mol. The highest BCUT2D eigenvalue weighted by Gasteiger charge is 2.28. The smallest absolute Gasteiger partial charge is 0.220 e. The van der Waals surface area contributed by atoms with Crippen LogP contribution < -0.4 is 5.32 Å². The van der Waals surface area contributed by atoms with Crippen LogP contribution in [-0.4, -0.2) is 68.5 Å². The highest BCUT2D eigenvalue weighted by molar-refractivity contribution is 14.0. The number of piperazine rings is 1. The molecule has 1 aromatic rings. The molecule has 138 valence electrons. The fourth-order valence-electron chi connectivity index (χ4n) is 2.48. The lowest BCUT2D eigenvalue weighted by Crippen LogP contribution is -2.54. The Labute approximate surface area is 160 Å². The SMILES string of the molecule is CCCCNC(=NC)N1CCN(S(=O)(=O)Cc2ccon2)CC1.I. The van der Waals surface area contributed by atoms with Crippen LogP contribution in [0.2, 0.25) is 0 Å². The summed E-state index contributed by atoms with van der Waals surface area (Å²) in [6.07, 6.45) is 3.60. The van der Waals surface area contributed by atoms with E-state index in [1.54, 1.807) is 13.1 Å². The van der Waals surface area contributed by atoms with Crippen LogP contribution in [0.1, 0.15) is 25.5 Å². The molecule has 2 heterocycles. The molecule has 1 N–H and O–H groups in total. The van der Waals surface area contributed by atoms with Gasteiger partial charge in [-0.2, -0.15) is 4.31 Å². The summed E-state index contributed by atoms with van der Waals surface area (Å²) in [6.45, 7) is 5.19. The van der Waals surface area contributed by atoms with E-state index in [1.807, 2.05) is 0 Å². The van der Waals surface area contributed by atoms with Crippen LogP contribution >= 0.6 is 24.0 Å². The molecule has 0 aromatic carbocycles. The summed E-state index contributed by atoms with van der Waals surface area (Å²) in [5, 5.41) is 6.99. The maximum absolute atomic E-state index is 12.4. The lowest BCUT2D eigenvalue weighted by Gasteiger charge is -2.35. The topological polar surface area (TPSA) is 91.0 Å². The first-order valence-corrected chi connectivity index (χ1v) is 9.50. The number of hydrogen-bond donors (Lipinski definition) is 1. The Morgan fingerprint density at radius 1 is 1.38 bits per heavy atom. The summed E-state index contributed by atoms with van der Waals surface area (Å²) >= 11 is 0.